The van der Waals surface area contributed by atoms with Crippen LogP contribution in [0.3, 0.4) is 0 Å². The van der Waals surface area contributed by atoms with Crippen molar-refractivity contribution in [2.24, 2.45) is 4.99 Å². The highest BCUT2D eigenvalue weighted by molar-refractivity contribution is 7.98. The van der Waals surface area contributed by atoms with Crippen LogP contribution in [0, 0.1) is 0 Å². The highest BCUT2D eigenvalue weighted by atomic mass is 32.2. The molecule has 0 saturated carbocycles. The molecule has 1 atom stereocenters. The zero-order valence-electron chi connectivity index (χ0n) is 21.0. The first-order valence-electron chi connectivity index (χ1n) is 11.4. The molecule has 0 N–H and O–H groups in total. The van der Waals surface area contributed by atoms with Crippen LogP contribution >= 0.6 is 23.1 Å². The van der Waals surface area contributed by atoms with Gasteiger partial charge in [-0.05, 0) is 68.5 Å². The van der Waals surface area contributed by atoms with Gasteiger partial charge in [-0.1, -0.05) is 29.5 Å². The first-order chi connectivity index (χ1) is 17.3. The summed E-state index contributed by atoms with van der Waals surface area (Å²) in [6.45, 7) is 5.38. The van der Waals surface area contributed by atoms with E-state index in [1.165, 1.54) is 11.3 Å². The number of methoxy groups -OCH3 is 2. The number of esters is 1. The summed E-state index contributed by atoms with van der Waals surface area (Å²) in [4.78, 5) is 33.2. The summed E-state index contributed by atoms with van der Waals surface area (Å²) in [5, 5.41) is 0. The van der Waals surface area contributed by atoms with Crippen molar-refractivity contribution in [1.82, 2.24) is 4.57 Å². The first-order valence-corrected chi connectivity index (χ1v) is 13.4. The zero-order chi connectivity index (χ0) is 26.0. The third-order valence-electron chi connectivity index (χ3n) is 5.72. The van der Waals surface area contributed by atoms with Crippen molar-refractivity contribution in [2.45, 2.75) is 37.8 Å². The minimum Gasteiger partial charge on any atom is -0.493 e. The monoisotopic (exact) mass is 524 g/mol. The summed E-state index contributed by atoms with van der Waals surface area (Å²) < 4.78 is 18.4. The predicted molar refractivity (Wildman–Crippen MR) is 143 cm³/mol. The summed E-state index contributed by atoms with van der Waals surface area (Å²) in [6.07, 6.45) is 3.50. The van der Waals surface area contributed by atoms with Crippen LogP contribution in [-0.4, -0.2) is 37.1 Å². The third kappa shape index (κ3) is 4.99. The molecule has 4 rings (SSSR count). The van der Waals surface area contributed by atoms with Crippen LogP contribution in [0.5, 0.6) is 11.5 Å². The number of benzene rings is 2. The molecule has 3 aromatic rings. The number of thiazole rings is 1. The Hall–Kier alpha value is -3.30. The Morgan fingerprint density at radius 2 is 1.81 bits per heavy atom. The van der Waals surface area contributed by atoms with E-state index in [2.05, 4.69) is 4.99 Å². The smallest absolute Gasteiger partial charge is 0.338 e. The van der Waals surface area contributed by atoms with Crippen LogP contribution in [0.4, 0.5) is 0 Å². The van der Waals surface area contributed by atoms with Gasteiger partial charge in [-0.15, -0.1) is 11.8 Å². The van der Waals surface area contributed by atoms with Gasteiger partial charge in [0, 0.05) is 4.90 Å². The number of fused-ring (bicyclic) bond motifs is 1. The van der Waals surface area contributed by atoms with Gasteiger partial charge in [0.15, 0.2) is 16.3 Å². The Labute approximate surface area is 217 Å². The molecule has 1 aliphatic rings. The van der Waals surface area contributed by atoms with E-state index in [0.717, 1.165) is 16.0 Å². The van der Waals surface area contributed by atoms with Crippen LogP contribution in [0.15, 0.2) is 68.4 Å². The fourth-order valence-corrected chi connectivity index (χ4v) is 5.51. The summed E-state index contributed by atoms with van der Waals surface area (Å²) in [6, 6.07) is 12.7. The summed E-state index contributed by atoms with van der Waals surface area (Å²) in [5.74, 6) is 0.702. The number of nitrogens with zero attached hydrogens (tertiary/aromatic N) is 2. The molecular formula is C27H28N2O5S2. The van der Waals surface area contributed by atoms with Crippen LogP contribution < -0.4 is 24.4 Å². The Bertz CT molecular complexity index is 1500. The van der Waals surface area contributed by atoms with Gasteiger partial charge in [-0.3, -0.25) is 9.36 Å². The van der Waals surface area contributed by atoms with Crippen LogP contribution in [0.25, 0.3) is 6.08 Å². The molecule has 9 heteroatoms. The second kappa shape index (κ2) is 10.8. The largest absolute Gasteiger partial charge is 0.493 e. The van der Waals surface area contributed by atoms with Crippen LogP contribution in [0.1, 0.15) is 37.9 Å². The summed E-state index contributed by atoms with van der Waals surface area (Å²) in [7, 11) is 3.14. The quantitative estimate of drug-likeness (QED) is 0.344. The lowest BCUT2D eigenvalue weighted by molar-refractivity contribution is -0.143. The molecule has 1 aliphatic heterocycles. The Morgan fingerprint density at radius 1 is 1.11 bits per heavy atom. The molecule has 0 radical (unpaired) electrons. The number of allylic oxidation sites excluding steroid dienone is 1. The molecule has 1 aromatic heterocycles. The van der Waals surface area contributed by atoms with E-state index in [0.29, 0.717) is 32.1 Å². The van der Waals surface area contributed by atoms with E-state index in [1.807, 2.05) is 42.7 Å². The van der Waals surface area contributed by atoms with Crippen LogP contribution in [-0.2, 0) is 9.53 Å². The number of thioether (sulfide) groups is 1. The van der Waals surface area contributed by atoms with Crippen molar-refractivity contribution in [3.63, 3.8) is 0 Å². The second-order valence-corrected chi connectivity index (χ2v) is 10.3. The van der Waals surface area contributed by atoms with Crippen molar-refractivity contribution in [2.75, 3.05) is 20.5 Å². The molecule has 0 aliphatic carbocycles. The Kier molecular flexibility index (Phi) is 7.70. The summed E-state index contributed by atoms with van der Waals surface area (Å²) >= 11 is 2.91. The molecule has 0 saturated heterocycles. The molecule has 0 amide bonds. The topological polar surface area (TPSA) is 79.1 Å². The van der Waals surface area contributed by atoms with Gasteiger partial charge in [0.25, 0.3) is 5.56 Å². The number of aromatic nitrogens is 1. The van der Waals surface area contributed by atoms with Gasteiger partial charge in [0.1, 0.15) is 0 Å². The zero-order valence-corrected chi connectivity index (χ0v) is 22.7. The van der Waals surface area contributed by atoms with E-state index in [4.69, 9.17) is 14.2 Å². The molecule has 7 nitrogen and oxygen atoms in total. The predicted octanol–water partition coefficient (Wildman–Crippen LogP) is 3.93. The molecule has 2 heterocycles. The normalized spacial score (nSPS) is 15.5. The molecule has 0 fully saturated rings. The van der Waals surface area contributed by atoms with Crippen molar-refractivity contribution in [3.05, 3.63) is 84.5 Å². The van der Waals surface area contributed by atoms with Crippen LogP contribution in [0.2, 0.25) is 0 Å². The maximum atomic E-state index is 13.7. The number of hydrogen-bond acceptors (Lipinski definition) is 8. The lowest BCUT2D eigenvalue weighted by Crippen LogP contribution is -2.40. The highest BCUT2D eigenvalue weighted by Gasteiger charge is 2.33. The Morgan fingerprint density at radius 3 is 2.42 bits per heavy atom. The van der Waals surface area contributed by atoms with E-state index in [-0.39, 0.29) is 11.7 Å². The van der Waals surface area contributed by atoms with Gasteiger partial charge in [0.05, 0.1) is 42.2 Å². The fourth-order valence-electron chi connectivity index (χ4n) is 4.06. The van der Waals surface area contributed by atoms with E-state index in [1.54, 1.807) is 63.5 Å². The van der Waals surface area contributed by atoms with E-state index in [9.17, 15) is 9.59 Å². The lowest BCUT2D eigenvalue weighted by Gasteiger charge is -2.25. The maximum Gasteiger partial charge on any atom is 0.338 e. The third-order valence-corrected chi connectivity index (χ3v) is 7.45. The summed E-state index contributed by atoms with van der Waals surface area (Å²) in [5.41, 5.74) is 2.28. The van der Waals surface area contributed by atoms with Gasteiger partial charge in [0.2, 0.25) is 0 Å². The second-order valence-electron chi connectivity index (χ2n) is 8.42. The SMILES string of the molecule is COc1ccc(/C=c2\sc3n(c2=O)[C@@H](c2ccc(SC)cc2)C(C(=O)OC(C)C)=C(C)N=3)cc1OC. The minimum atomic E-state index is -0.643. The number of carbonyl (C=O) groups excluding carboxylic acids is 1. The molecular weight excluding hydrogens is 496 g/mol. The average Bonchev–Trinajstić information content (AvgIpc) is 3.16. The number of hydrogen-bond donors (Lipinski definition) is 0. The maximum absolute atomic E-state index is 13.7. The van der Waals surface area contributed by atoms with Gasteiger partial charge in [-0.2, -0.15) is 0 Å². The standard InChI is InChI=1S/C27H28N2O5S2/c1-15(2)34-26(31)23-16(3)28-27-29(24(23)18-8-10-19(35-6)11-9-18)25(30)22(36-27)14-17-7-12-20(32-4)21(13-17)33-5/h7-15,24H,1-6H3/b22-14-/t24-/m0/s1. The van der Waals surface area contributed by atoms with Gasteiger partial charge < -0.3 is 14.2 Å². The molecule has 0 spiro atoms. The van der Waals surface area contributed by atoms with Gasteiger partial charge in [-0.25, -0.2) is 9.79 Å². The first kappa shape index (κ1) is 25.8. The number of ether oxygens (including phenoxy) is 3. The minimum absolute atomic E-state index is 0.227. The van der Waals surface area contributed by atoms with Crippen molar-refractivity contribution < 1.29 is 19.0 Å². The number of rotatable bonds is 7. The highest BCUT2D eigenvalue weighted by Crippen LogP contribution is 2.32. The van der Waals surface area contributed by atoms with Crippen molar-refractivity contribution in [3.8, 4) is 11.5 Å². The molecule has 0 unspecified atom stereocenters. The lowest BCUT2D eigenvalue weighted by atomic mass is 9.96. The van der Waals surface area contributed by atoms with Gasteiger partial charge >= 0.3 is 5.97 Å². The molecule has 188 valence electrons. The number of carbonyl (C=O) groups is 1. The molecule has 36 heavy (non-hydrogen) atoms. The van der Waals surface area contributed by atoms with Crippen molar-refractivity contribution in [1.29, 1.82) is 0 Å². The van der Waals surface area contributed by atoms with E-state index < -0.39 is 12.0 Å². The Balaban J connectivity index is 1.91. The average molecular weight is 525 g/mol. The van der Waals surface area contributed by atoms with E-state index >= 15 is 0 Å². The molecule has 0 bridgehead atoms. The fraction of sp³-hybridized carbons (Fsp3) is 0.296. The van der Waals surface area contributed by atoms with Crippen molar-refractivity contribution >= 4 is 35.1 Å². The molecule has 2 aromatic carbocycles.